The molecule has 3 N–H and O–H groups in total. The van der Waals surface area contributed by atoms with Gasteiger partial charge in [0.2, 0.25) is 0 Å². The maximum absolute atomic E-state index is 12.2. The number of hydrogen-bond donors (Lipinski definition) is 3. The summed E-state index contributed by atoms with van der Waals surface area (Å²) in [7, 11) is 1.63. The first-order chi connectivity index (χ1) is 11.2. The highest BCUT2D eigenvalue weighted by Crippen LogP contribution is 2.20. The van der Waals surface area contributed by atoms with Gasteiger partial charge in [0.1, 0.15) is 11.6 Å². The number of rotatable bonds is 4. The van der Waals surface area contributed by atoms with Crippen molar-refractivity contribution in [1.29, 1.82) is 0 Å². The Kier molecular flexibility index (Phi) is 4.47. The Morgan fingerprint density at radius 1 is 1.39 bits per heavy atom. The second-order valence-corrected chi connectivity index (χ2v) is 5.57. The topological polar surface area (TPSA) is 80.2 Å². The third-order valence-electron chi connectivity index (χ3n) is 3.79. The first-order valence-corrected chi connectivity index (χ1v) is 7.65. The van der Waals surface area contributed by atoms with Crippen molar-refractivity contribution in [3.8, 4) is 11.4 Å². The van der Waals surface area contributed by atoms with Crippen LogP contribution >= 0.6 is 0 Å². The molecule has 1 atom stereocenters. The molecule has 2 aromatic rings. The highest BCUT2D eigenvalue weighted by atomic mass is 16.5. The summed E-state index contributed by atoms with van der Waals surface area (Å²) in [5, 5.41) is 13.5. The van der Waals surface area contributed by atoms with Crippen LogP contribution in [0.2, 0.25) is 0 Å². The zero-order valence-corrected chi connectivity index (χ0v) is 13.3. The molecule has 1 saturated heterocycles. The van der Waals surface area contributed by atoms with Gasteiger partial charge in [0.05, 0.1) is 18.5 Å². The molecule has 3 rings (SSSR count). The smallest absolute Gasteiger partial charge is 0.320 e. The molecule has 2 heterocycles. The molecule has 1 aromatic heterocycles. The Balaban J connectivity index is 1.75. The molecule has 1 fully saturated rings. The number of benzene rings is 1. The van der Waals surface area contributed by atoms with Gasteiger partial charge in [-0.1, -0.05) is 0 Å². The van der Waals surface area contributed by atoms with E-state index in [0.29, 0.717) is 5.82 Å². The summed E-state index contributed by atoms with van der Waals surface area (Å²) in [5.41, 5.74) is 1.69. The largest absolute Gasteiger partial charge is 0.497 e. The quantitative estimate of drug-likeness (QED) is 0.802. The van der Waals surface area contributed by atoms with E-state index in [9.17, 15) is 4.79 Å². The predicted molar refractivity (Wildman–Crippen MR) is 88.3 cm³/mol. The molecule has 0 bridgehead atoms. The number of anilines is 1. The Morgan fingerprint density at radius 2 is 2.17 bits per heavy atom. The van der Waals surface area contributed by atoms with Crippen LogP contribution in [0.1, 0.15) is 12.1 Å². The van der Waals surface area contributed by atoms with Crippen LogP contribution in [0.5, 0.6) is 5.75 Å². The van der Waals surface area contributed by atoms with Crippen molar-refractivity contribution in [2.75, 3.05) is 25.5 Å². The lowest BCUT2D eigenvalue weighted by Gasteiger charge is -2.13. The van der Waals surface area contributed by atoms with Crippen LogP contribution in [-0.4, -0.2) is 42.1 Å². The van der Waals surface area contributed by atoms with Gasteiger partial charge in [-0.15, -0.1) is 0 Å². The maximum Gasteiger partial charge on any atom is 0.320 e. The van der Waals surface area contributed by atoms with Gasteiger partial charge in [0, 0.05) is 18.7 Å². The first-order valence-electron chi connectivity index (χ1n) is 7.65. The van der Waals surface area contributed by atoms with Gasteiger partial charge < -0.3 is 15.4 Å². The molecule has 0 spiro atoms. The molecule has 7 heteroatoms. The van der Waals surface area contributed by atoms with Crippen molar-refractivity contribution in [2.24, 2.45) is 0 Å². The average molecular weight is 315 g/mol. The van der Waals surface area contributed by atoms with E-state index < -0.39 is 0 Å². The lowest BCUT2D eigenvalue weighted by molar-refractivity contribution is 0.249. The number of aromatic nitrogens is 2. The van der Waals surface area contributed by atoms with Crippen LogP contribution in [-0.2, 0) is 0 Å². The molecular formula is C16H21N5O2. The third kappa shape index (κ3) is 3.62. The number of amides is 2. The van der Waals surface area contributed by atoms with Gasteiger partial charge in [-0.2, -0.15) is 5.10 Å². The number of urea groups is 1. The minimum atomic E-state index is -0.214. The van der Waals surface area contributed by atoms with E-state index in [-0.39, 0.29) is 12.1 Å². The number of carbonyl (C=O) groups is 1. The lowest BCUT2D eigenvalue weighted by Crippen LogP contribution is -2.39. The number of ether oxygens (including phenoxy) is 1. The Bertz CT molecular complexity index is 674. The molecule has 1 aliphatic heterocycles. The average Bonchev–Trinajstić information content (AvgIpc) is 3.17. The van der Waals surface area contributed by atoms with E-state index in [1.54, 1.807) is 11.8 Å². The van der Waals surface area contributed by atoms with Crippen LogP contribution in [0.3, 0.4) is 0 Å². The number of methoxy groups -OCH3 is 1. The lowest BCUT2D eigenvalue weighted by atomic mass is 10.3. The van der Waals surface area contributed by atoms with E-state index >= 15 is 0 Å². The van der Waals surface area contributed by atoms with E-state index in [0.717, 1.165) is 36.6 Å². The maximum atomic E-state index is 12.2. The van der Waals surface area contributed by atoms with Crippen molar-refractivity contribution in [3.63, 3.8) is 0 Å². The van der Waals surface area contributed by atoms with E-state index in [4.69, 9.17) is 4.74 Å². The van der Waals surface area contributed by atoms with E-state index in [2.05, 4.69) is 21.0 Å². The molecular weight excluding hydrogens is 294 g/mol. The fraction of sp³-hybridized carbons (Fsp3) is 0.375. The zero-order chi connectivity index (χ0) is 16.2. The Hall–Kier alpha value is -2.54. The normalized spacial score (nSPS) is 17.0. The van der Waals surface area contributed by atoms with E-state index in [1.807, 2.05) is 37.3 Å². The van der Waals surface area contributed by atoms with Crippen LogP contribution < -0.4 is 20.7 Å². The summed E-state index contributed by atoms with van der Waals surface area (Å²) in [5.74, 6) is 1.41. The summed E-state index contributed by atoms with van der Waals surface area (Å²) in [6, 6.07) is 9.32. The predicted octanol–water partition coefficient (Wildman–Crippen LogP) is 1.67. The SMILES string of the molecule is COc1ccc(-n2nc(C)cc2NC(=O)NC2CCNC2)cc1. The van der Waals surface area contributed by atoms with Gasteiger partial charge in [0.15, 0.2) is 0 Å². The highest BCUT2D eigenvalue weighted by Gasteiger charge is 2.18. The zero-order valence-electron chi connectivity index (χ0n) is 13.3. The molecule has 1 aromatic carbocycles. The molecule has 1 aliphatic rings. The summed E-state index contributed by atoms with van der Waals surface area (Å²) in [6.45, 7) is 3.64. The summed E-state index contributed by atoms with van der Waals surface area (Å²) in [6.07, 6.45) is 0.949. The van der Waals surface area contributed by atoms with Crippen LogP contribution in [0.4, 0.5) is 10.6 Å². The van der Waals surface area contributed by atoms with E-state index in [1.165, 1.54) is 0 Å². The summed E-state index contributed by atoms with van der Waals surface area (Å²) >= 11 is 0. The second-order valence-electron chi connectivity index (χ2n) is 5.57. The van der Waals surface area contributed by atoms with Crippen LogP contribution in [0.15, 0.2) is 30.3 Å². The molecule has 1 unspecified atom stereocenters. The van der Waals surface area contributed by atoms with Gasteiger partial charge >= 0.3 is 6.03 Å². The number of aryl methyl sites for hydroxylation is 1. The summed E-state index contributed by atoms with van der Waals surface area (Å²) in [4.78, 5) is 12.2. The molecule has 23 heavy (non-hydrogen) atoms. The number of hydrogen-bond acceptors (Lipinski definition) is 4. The monoisotopic (exact) mass is 315 g/mol. The minimum Gasteiger partial charge on any atom is -0.497 e. The third-order valence-corrected chi connectivity index (χ3v) is 3.79. The van der Waals surface area contributed by atoms with Crippen molar-refractivity contribution < 1.29 is 9.53 Å². The van der Waals surface area contributed by atoms with Gasteiger partial charge in [0.25, 0.3) is 0 Å². The van der Waals surface area contributed by atoms with Crippen LogP contribution in [0.25, 0.3) is 5.69 Å². The molecule has 2 amide bonds. The Labute approximate surface area is 135 Å². The highest BCUT2D eigenvalue weighted by molar-refractivity contribution is 5.89. The summed E-state index contributed by atoms with van der Waals surface area (Å²) < 4.78 is 6.87. The molecule has 122 valence electrons. The van der Waals surface area contributed by atoms with Crippen molar-refractivity contribution in [1.82, 2.24) is 20.4 Å². The second kappa shape index (κ2) is 6.70. The number of carbonyl (C=O) groups excluding carboxylic acids is 1. The van der Waals surface area contributed by atoms with Crippen LogP contribution in [0, 0.1) is 6.92 Å². The van der Waals surface area contributed by atoms with Gasteiger partial charge in [-0.25, -0.2) is 9.48 Å². The molecule has 7 nitrogen and oxygen atoms in total. The number of nitrogens with one attached hydrogen (secondary N) is 3. The molecule has 0 saturated carbocycles. The Morgan fingerprint density at radius 3 is 2.83 bits per heavy atom. The molecule has 0 radical (unpaired) electrons. The van der Waals surface area contributed by atoms with Crippen molar-refractivity contribution >= 4 is 11.8 Å². The minimum absolute atomic E-state index is 0.174. The number of nitrogens with zero attached hydrogens (tertiary/aromatic N) is 2. The first kappa shape index (κ1) is 15.4. The molecule has 0 aliphatic carbocycles. The van der Waals surface area contributed by atoms with Crippen molar-refractivity contribution in [2.45, 2.75) is 19.4 Å². The van der Waals surface area contributed by atoms with Gasteiger partial charge in [-0.05, 0) is 44.2 Å². The van der Waals surface area contributed by atoms with Gasteiger partial charge in [-0.3, -0.25) is 5.32 Å². The standard InChI is InChI=1S/C16H21N5O2/c1-11-9-15(19-16(22)18-12-7-8-17-10-12)21(20-11)13-3-5-14(23-2)6-4-13/h3-6,9,12,17H,7-8,10H2,1-2H3,(H2,18,19,22). The van der Waals surface area contributed by atoms with Crippen molar-refractivity contribution in [3.05, 3.63) is 36.0 Å². The fourth-order valence-electron chi connectivity index (χ4n) is 2.62. The fourth-order valence-corrected chi connectivity index (χ4v) is 2.62.